The largest absolute Gasteiger partial charge is 0.315 e. The maximum Gasteiger partial charge on any atom is 0.0954 e. The molecule has 0 aromatic carbocycles. The van der Waals surface area contributed by atoms with Crippen LogP contribution in [0.5, 0.6) is 0 Å². The fraction of sp³-hybridized carbons (Fsp3) is 0.824. The minimum Gasteiger partial charge on any atom is -0.315 e. The minimum atomic E-state index is 0.550. The summed E-state index contributed by atoms with van der Waals surface area (Å²) in [6, 6.07) is 0.682. The van der Waals surface area contributed by atoms with Gasteiger partial charge in [-0.05, 0) is 31.8 Å². The zero-order valence-electron chi connectivity index (χ0n) is 14.1. The van der Waals surface area contributed by atoms with Crippen LogP contribution in [-0.4, -0.2) is 35.6 Å². The van der Waals surface area contributed by atoms with Crippen LogP contribution in [0.1, 0.15) is 63.6 Å². The van der Waals surface area contributed by atoms with Gasteiger partial charge in [0.15, 0.2) is 0 Å². The maximum absolute atomic E-state index is 4.80. The molecule has 0 bridgehead atoms. The SMILES string of the molecule is CC(C)CNCC1CCCCN1Cc1csc(C(C)C)n1. The monoisotopic (exact) mass is 309 g/mol. The van der Waals surface area contributed by atoms with Crippen LogP contribution >= 0.6 is 11.3 Å². The summed E-state index contributed by atoms with van der Waals surface area (Å²) in [7, 11) is 0. The van der Waals surface area contributed by atoms with E-state index in [-0.39, 0.29) is 0 Å². The van der Waals surface area contributed by atoms with Gasteiger partial charge in [-0.25, -0.2) is 4.98 Å². The number of piperidine rings is 1. The van der Waals surface area contributed by atoms with E-state index in [1.807, 2.05) is 11.3 Å². The third-order valence-electron chi connectivity index (χ3n) is 4.11. The van der Waals surface area contributed by atoms with Crippen LogP contribution in [0.15, 0.2) is 5.38 Å². The van der Waals surface area contributed by atoms with E-state index in [4.69, 9.17) is 4.98 Å². The van der Waals surface area contributed by atoms with Gasteiger partial charge in [0.1, 0.15) is 0 Å². The van der Waals surface area contributed by atoms with Crippen molar-refractivity contribution >= 4 is 11.3 Å². The summed E-state index contributed by atoms with van der Waals surface area (Å²) in [6.07, 6.45) is 4.03. The molecule has 0 amide bonds. The Hall–Kier alpha value is -0.450. The fourth-order valence-electron chi connectivity index (χ4n) is 2.91. The highest BCUT2D eigenvalue weighted by Gasteiger charge is 2.23. The summed E-state index contributed by atoms with van der Waals surface area (Å²) in [5.74, 6) is 1.28. The third kappa shape index (κ3) is 5.35. The first-order chi connectivity index (χ1) is 10.1. The second-order valence-electron chi connectivity index (χ2n) is 7.00. The summed E-state index contributed by atoms with van der Waals surface area (Å²) in [6.45, 7) is 13.5. The van der Waals surface area contributed by atoms with Gasteiger partial charge in [-0.2, -0.15) is 0 Å². The standard InChI is InChI=1S/C17H31N3S/c1-13(2)9-18-10-16-7-5-6-8-20(16)11-15-12-21-17(19-15)14(3)4/h12-14,16,18H,5-11H2,1-4H3. The second kappa shape index (κ2) is 8.25. The van der Waals surface area contributed by atoms with Gasteiger partial charge in [-0.15, -0.1) is 11.3 Å². The van der Waals surface area contributed by atoms with E-state index in [0.29, 0.717) is 12.0 Å². The lowest BCUT2D eigenvalue weighted by atomic mass is 10.0. The molecular weight excluding hydrogens is 278 g/mol. The zero-order chi connectivity index (χ0) is 15.2. The molecule has 1 atom stereocenters. The lowest BCUT2D eigenvalue weighted by Gasteiger charge is -2.35. The maximum atomic E-state index is 4.80. The molecule has 1 aromatic rings. The number of rotatable bonds is 7. The Morgan fingerprint density at radius 3 is 2.81 bits per heavy atom. The van der Waals surface area contributed by atoms with E-state index in [0.717, 1.165) is 25.6 Å². The first-order valence-corrected chi connectivity index (χ1v) is 9.33. The van der Waals surface area contributed by atoms with Gasteiger partial charge in [0.2, 0.25) is 0 Å². The first-order valence-electron chi connectivity index (χ1n) is 8.45. The minimum absolute atomic E-state index is 0.550. The Morgan fingerprint density at radius 2 is 2.14 bits per heavy atom. The van der Waals surface area contributed by atoms with E-state index in [1.165, 1.54) is 36.5 Å². The Labute approximate surface area is 134 Å². The summed E-state index contributed by atoms with van der Waals surface area (Å²) >= 11 is 1.82. The molecule has 21 heavy (non-hydrogen) atoms. The van der Waals surface area contributed by atoms with Crippen molar-refractivity contribution in [1.29, 1.82) is 0 Å². The van der Waals surface area contributed by atoms with Crippen LogP contribution in [0.2, 0.25) is 0 Å². The van der Waals surface area contributed by atoms with E-state index >= 15 is 0 Å². The predicted molar refractivity (Wildman–Crippen MR) is 92.0 cm³/mol. The van der Waals surface area contributed by atoms with Gasteiger partial charge >= 0.3 is 0 Å². The molecule has 1 N–H and O–H groups in total. The number of hydrogen-bond donors (Lipinski definition) is 1. The van der Waals surface area contributed by atoms with E-state index in [2.05, 4.69) is 43.3 Å². The van der Waals surface area contributed by atoms with Gasteiger partial charge in [-0.1, -0.05) is 34.1 Å². The molecule has 1 saturated heterocycles. The molecule has 0 spiro atoms. The lowest BCUT2D eigenvalue weighted by molar-refractivity contribution is 0.135. The first kappa shape index (κ1) is 16.9. The highest BCUT2D eigenvalue weighted by Crippen LogP contribution is 2.23. The van der Waals surface area contributed by atoms with Crippen molar-refractivity contribution in [3.63, 3.8) is 0 Å². The predicted octanol–water partition coefficient (Wildman–Crippen LogP) is 3.87. The zero-order valence-corrected chi connectivity index (χ0v) is 14.9. The van der Waals surface area contributed by atoms with Gasteiger partial charge < -0.3 is 5.32 Å². The highest BCUT2D eigenvalue weighted by molar-refractivity contribution is 7.09. The van der Waals surface area contributed by atoms with Crippen LogP contribution in [0, 0.1) is 5.92 Å². The molecule has 0 aliphatic carbocycles. The van der Waals surface area contributed by atoms with Crippen molar-refractivity contribution in [2.24, 2.45) is 5.92 Å². The lowest BCUT2D eigenvalue weighted by Crippen LogP contribution is -2.45. The van der Waals surface area contributed by atoms with Gasteiger partial charge in [0.05, 0.1) is 10.7 Å². The molecule has 1 fully saturated rings. The smallest absolute Gasteiger partial charge is 0.0954 e. The Balaban J connectivity index is 1.88. The molecule has 2 heterocycles. The number of thiazole rings is 1. The highest BCUT2D eigenvalue weighted by atomic mass is 32.1. The topological polar surface area (TPSA) is 28.2 Å². The number of aromatic nitrogens is 1. The van der Waals surface area contributed by atoms with Crippen LogP contribution in [-0.2, 0) is 6.54 Å². The summed E-state index contributed by atoms with van der Waals surface area (Å²) in [4.78, 5) is 7.44. The number of hydrogen-bond acceptors (Lipinski definition) is 4. The van der Waals surface area contributed by atoms with Crippen LogP contribution in [0.3, 0.4) is 0 Å². The van der Waals surface area contributed by atoms with E-state index in [9.17, 15) is 0 Å². The third-order valence-corrected chi connectivity index (χ3v) is 5.30. The van der Waals surface area contributed by atoms with E-state index in [1.54, 1.807) is 0 Å². The van der Waals surface area contributed by atoms with Gasteiger partial charge in [-0.3, -0.25) is 4.90 Å². The van der Waals surface area contributed by atoms with E-state index < -0.39 is 0 Å². The van der Waals surface area contributed by atoms with Gasteiger partial charge in [0, 0.05) is 30.4 Å². The number of nitrogens with one attached hydrogen (secondary N) is 1. The molecule has 0 saturated carbocycles. The normalized spacial score (nSPS) is 20.6. The van der Waals surface area contributed by atoms with Crippen molar-refractivity contribution in [2.45, 2.75) is 65.5 Å². The van der Waals surface area contributed by atoms with Crippen molar-refractivity contribution in [2.75, 3.05) is 19.6 Å². The molecule has 3 nitrogen and oxygen atoms in total. The molecular formula is C17H31N3S. The summed E-state index contributed by atoms with van der Waals surface area (Å²) in [5.41, 5.74) is 1.26. The quantitative estimate of drug-likeness (QED) is 0.829. The Morgan fingerprint density at radius 1 is 1.33 bits per heavy atom. The fourth-order valence-corrected chi connectivity index (χ4v) is 3.73. The van der Waals surface area contributed by atoms with Crippen LogP contribution < -0.4 is 5.32 Å². The van der Waals surface area contributed by atoms with Crippen LogP contribution in [0.4, 0.5) is 0 Å². The molecule has 1 aromatic heterocycles. The molecule has 0 radical (unpaired) electrons. The molecule has 1 aliphatic heterocycles. The van der Waals surface area contributed by atoms with Crippen LogP contribution in [0.25, 0.3) is 0 Å². The number of likely N-dealkylation sites (tertiary alicyclic amines) is 1. The molecule has 4 heteroatoms. The van der Waals surface area contributed by atoms with Crippen molar-refractivity contribution in [3.05, 3.63) is 16.1 Å². The Bertz CT molecular complexity index is 414. The molecule has 2 rings (SSSR count). The number of nitrogens with zero attached hydrogens (tertiary/aromatic N) is 2. The van der Waals surface area contributed by atoms with Crippen molar-refractivity contribution < 1.29 is 0 Å². The summed E-state index contributed by atoms with van der Waals surface area (Å²) in [5, 5.41) is 7.16. The van der Waals surface area contributed by atoms with Crippen molar-refractivity contribution in [1.82, 2.24) is 15.2 Å². The van der Waals surface area contributed by atoms with Gasteiger partial charge in [0.25, 0.3) is 0 Å². The molecule has 1 unspecified atom stereocenters. The average molecular weight is 310 g/mol. The second-order valence-corrected chi connectivity index (χ2v) is 7.89. The summed E-state index contributed by atoms with van der Waals surface area (Å²) < 4.78 is 0. The van der Waals surface area contributed by atoms with Crippen molar-refractivity contribution in [3.8, 4) is 0 Å². The molecule has 1 aliphatic rings. The molecule has 120 valence electrons. The Kier molecular flexibility index (Phi) is 6.65. The average Bonchev–Trinajstić information content (AvgIpc) is 2.89.